The molecule has 0 fully saturated rings. The van der Waals surface area contributed by atoms with Gasteiger partial charge in [-0.1, -0.05) is 0 Å². The first kappa shape index (κ1) is 10.1. The standard InChI is InChI=1S/C9H13FN2O/c1-5-7(10)8(9(3,4)13)12-6(2)11-5/h13H,1-4H3. The number of rotatable bonds is 1. The summed E-state index contributed by atoms with van der Waals surface area (Å²) in [5, 5.41) is 9.59. The summed E-state index contributed by atoms with van der Waals surface area (Å²) in [5.74, 6) is -0.0610. The summed E-state index contributed by atoms with van der Waals surface area (Å²) in [6, 6.07) is 0. The van der Waals surface area contributed by atoms with E-state index in [9.17, 15) is 9.50 Å². The summed E-state index contributed by atoms with van der Waals surface area (Å²) in [5.41, 5.74) is -0.940. The molecule has 1 rings (SSSR count). The SMILES string of the molecule is Cc1nc(C)c(F)c(C(C)(C)O)n1. The van der Waals surface area contributed by atoms with Gasteiger partial charge < -0.3 is 5.11 Å². The van der Waals surface area contributed by atoms with E-state index >= 15 is 0 Å². The van der Waals surface area contributed by atoms with Crippen LogP contribution < -0.4 is 0 Å². The van der Waals surface area contributed by atoms with E-state index in [4.69, 9.17) is 0 Å². The fourth-order valence-electron chi connectivity index (χ4n) is 1.10. The average Bonchev–Trinajstić information content (AvgIpc) is 1.94. The van der Waals surface area contributed by atoms with Crippen LogP contribution in [0.15, 0.2) is 0 Å². The molecule has 0 aliphatic rings. The van der Waals surface area contributed by atoms with Crippen molar-refractivity contribution in [1.29, 1.82) is 0 Å². The van der Waals surface area contributed by atoms with Gasteiger partial charge in [0.15, 0.2) is 5.82 Å². The third-order valence-electron chi connectivity index (χ3n) is 1.71. The molecule has 0 saturated heterocycles. The van der Waals surface area contributed by atoms with Crippen molar-refractivity contribution in [2.45, 2.75) is 33.3 Å². The summed E-state index contributed by atoms with van der Waals surface area (Å²) < 4.78 is 13.4. The Morgan fingerprint density at radius 3 is 2.23 bits per heavy atom. The first-order valence-corrected chi connectivity index (χ1v) is 4.06. The molecule has 0 aliphatic heterocycles. The van der Waals surface area contributed by atoms with Crippen molar-refractivity contribution in [1.82, 2.24) is 9.97 Å². The second kappa shape index (κ2) is 3.03. The largest absolute Gasteiger partial charge is 0.384 e. The molecule has 4 heteroatoms. The molecular formula is C9H13FN2O. The molecule has 0 aromatic carbocycles. The van der Waals surface area contributed by atoms with E-state index in [0.29, 0.717) is 5.82 Å². The molecule has 13 heavy (non-hydrogen) atoms. The molecule has 0 radical (unpaired) electrons. The fraction of sp³-hybridized carbons (Fsp3) is 0.556. The number of hydrogen-bond acceptors (Lipinski definition) is 3. The van der Waals surface area contributed by atoms with E-state index in [1.165, 1.54) is 13.8 Å². The lowest BCUT2D eigenvalue weighted by Crippen LogP contribution is -2.21. The Hall–Kier alpha value is -1.03. The smallest absolute Gasteiger partial charge is 0.168 e. The zero-order chi connectivity index (χ0) is 10.2. The van der Waals surface area contributed by atoms with Crippen LogP contribution in [0.25, 0.3) is 0 Å². The predicted molar refractivity (Wildman–Crippen MR) is 46.7 cm³/mol. The number of hydrogen-bond donors (Lipinski definition) is 1. The fourth-order valence-corrected chi connectivity index (χ4v) is 1.10. The number of aliphatic hydroxyl groups is 1. The molecule has 0 amide bonds. The van der Waals surface area contributed by atoms with E-state index in [1.807, 2.05) is 0 Å². The van der Waals surface area contributed by atoms with E-state index in [1.54, 1.807) is 13.8 Å². The highest BCUT2D eigenvalue weighted by Crippen LogP contribution is 2.21. The predicted octanol–water partition coefficient (Wildman–Crippen LogP) is 1.46. The van der Waals surface area contributed by atoms with Gasteiger partial charge in [0, 0.05) is 0 Å². The normalized spacial score (nSPS) is 11.8. The number of halogens is 1. The van der Waals surface area contributed by atoms with Crippen molar-refractivity contribution >= 4 is 0 Å². The highest BCUT2D eigenvalue weighted by molar-refractivity contribution is 5.17. The molecule has 0 spiro atoms. The Morgan fingerprint density at radius 2 is 1.77 bits per heavy atom. The Balaban J connectivity index is 3.37. The Labute approximate surface area is 76.7 Å². The van der Waals surface area contributed by atoms with Crippen molar-refractivity contribution in [3.8, 4) is 0 Å². The molecule has 1 heterocycles. The lowest BCUT2D eigenvalue weighted by molar-refractivity contribution is 0.0687. The highest BCUT2D eigenvalue weighted by Gasteiger charge is 2.24. The van der Waals surface area contributed by atoms with Gasteiger partial charge in [-0.25, -0.2) is 14.4 Å². The monoisotopic (exact) mass is 184 g/mol. The molecule has 1 aromatic rings. The first-order valence-electron chi connectivity index (χ1n) is 4.06. The Bertz CT molecular complexity index is 331. The zero-order valence-corrected chi connectivity index (χ0v) is 8.22. The van der Waals surface area contributed by atoms with Crippen molar-refractivity contribution in [3.05, 3.63) is 23.0 Å². The van der Waals surface area contributed by atoms with Crippen LogP contribution in [0.1, 0.15) is 31.1 Å². The third kappa shape index (κ3) is 2.01. The summed E-state index contributed by atoms with van der Waals surface area (Å²) in [4.78, 5) is 7.72. The number of nitrogens with zero attached hydrogens (tertiary/aromatic N) is 2. The number of aromatic nitrogens is 2. The molecular weight excluding hydrogens is 171 g/mol. The van der Waals surface area contributed by atoms with Gasteiger partial charge >= 0.3 is 0 Å². The van der Waals surface area contributed by atoms with Crippen molar-refractivity contribution < 1.29 is 9.50 Å². The Kier molecular flexibility index (Phi) is 2.34. The summed E-state index contributed by atoms with van der Waals surface area (Å²) in [6.45, 7) is 6.22. The first-order chi connectivity index (χ1) is 5.82. The van der Waals surface area contributed by atoms with Gasteiger partial charge in [0.25, 0.3) is 0 Å². The number of aryl methyl sites for hydroxylation is 2. The minimum absolute atomic E-state index is 0.0532. The van der Waals surface area contributed by atoms with Crippen molar-refractivity contribution in [2.24, 2.45) is 0 Å². The van der Waals surface area contributed by atoms with E-state index in [2.05, 4.69) is 9.97 Å². The molecule has 1 N–H and O–H groups in total. The van der Waals surface area contributed by atoms with Crippen LogP contribution in [0, 0.1) is 19.7 Å². The third-order valence-corrected chi connectivity index (χ3v) is 1.71. The van der Waals surface area contributed by atoms with E-state index < -0.39 is 11.4 Å². The lowest BCUT2D eigenvalue weighted by Gasteiger charge is -2.18. The molecule has 0 atom stereocenters. The van der Waals surface area contributed by atoms with Gasteiger partial charge in [0.2, 0.25) is 0 Å². The van der Waals surface area contributed by atoms with Crippen molar-refractivity contribution in [3.63, 3.8) is 0 Å². The van der Waals surface area contributed by atoms with E-state index in [0.717, 1.165) is 0 Å². The van der Waals surface area contributed by atoms with Crippen LogP contribution >= 0.6 is 0 Å². The summed E-state index contributed by atoms with van der Waals surface area (Å²) in [6.07, 6.45) is 0. The molecule has 0 aliphatic carbocycles. The summed E-state index contributed by atoms with van der Waals surface area (Å²) >= 11 is 0. The average molecular weight is 184 g/mol. The lowest BCUT2D eigenvalue weighted by atomic mass is 10.0. The van der Waals surface area contributed by atoms with Crippen LogP contribution in [-0.2, 0) is 5.60 Å². The van der Waals surface area contributed by atoms with Gasteiger partial charge in [-0.3, -0.25) is 0 Å². The van der Waals surface area contributed by atoms with Gasteiger partial charge in [0.05, 0.1) is 5.69 Å². The highest BCUT2D eigenvalue weighted by atomic mass is 19.1. The topological polar surface area (TPSA) is 46.0 Å². The minimum atomic E-state index is -1.26. The van der Waals surface area contributed by atoms with Gasteiger partial charge in [-0.15, -0.1) is 0 Å². The van der Waals surface area contributed by atoms with Crippen LogP contribution in [0.5, 0.6) is 0 Å². The molecule has 0 bridgehead atoms. The molecule has 0 unspecified atom stereocenters. The van der Waals surface area contributed by atoms with Crippen molar-refractivity contribution in [2.75, 3.05) is 0 Å². The second-order valence-electron chi connectivity index (χ2n) is 3.58. The maximum atomic E-state index is 13.4. The molecule has 72 valence electrons. The quantitative estimate of drug-likeness (QED) is 0.718. The van der Waals surface area contributed by atoms with Crippen LogP contribution in [0.4, 0.5) is 4.39 Å². The van der Waals surface area contributed by atoms with Crippen LogP contribution in [0.2, 0.25) is 0 Å². The van der Waals surface area contributed by atoms with Gasteiger partial charge in [0.1, 0.15) is 17.1 Å². The Morgan fingerprint density at radius 1 is 1.23 bits per heavy atom. The zero-order valence-electron chi connectivity index (χ0n) is 8.22. The second-order valence-corrected chi connectivity index (χ2v) is 3.58. The maximum absolute atomic E-state index is 13.4. The van der Waals surface area contributed by atoms with Gasteiger partial charge in [-0.05, 0) is 27.7 Å². The maximum Gasteiger partial charge on any atom is 0.168 e. The van der Waals surface area contributed by atoms with E-state index in [-0.39, 0.29) is 11.4 Å². The molecule has 3 nitrogen and oxygen atoms in total. The molecule has 0 saturated carbocycles. The molecule has 1 aromatic heterocycles. The minimum Gasteiger partial charge on any atom is -0.384 e. The summed E-state index contributed by atoms with van der Waals surface area (Å²) in [7, 11) is 0. The van der Waals surface area contributed by atoms with Crippen LogP contribution in [0.3, 0.4) is 0 Å². The van der Waals surface area contributed by atoms with Crippen LogP contribution in [-0.4, -0.2) is 15.1 Å². The van der Waals surface area contributed by atoms with Gasteiger partial charge in [-0.2, -0.15) is 0 Å².